The molecular formula is C19H32N2O. The molecule has 2 heterocycles. The number of fused-ring (bicyclic) bond motifs is 1. The SMILES string of the molecule is C=CCN1CCCC[C@H]2CN(C(=O)CCC3CCCC3)C[C@H]21. The minimum atomic E-state index is 0.415. The van der Waals surface area contributed by atoms with Crippen molar-refractivity contribution < 1.29 is 4.79 Å². The lowest BCUT2D eigenvalue weighted by molar-refractivity contribution is -0.130. The first-order valence-corrected chi connectivity index (χ1v) is 9.40. The molecule has 3 rings (SSSR count). The Balaban J connectivity index is 1.52. The molecular weight excluding hydrogens is 272 g/mol. The fraction of sp³-hybridized carbons (Fsp3) is 0.842. The summed E-state index contributed by atoms with van der Waals surface area (Å²) < 4.78 is 0. The summed E-state index contributed by atoms with van der Waals surface area (Å²) in [6.07, 6.45) is 13.3. The Kier molecular flexibility index (Phi) is 5.56. The second-order valence-corrected chi connectivity index (χ2v) is 7.59. The van der Waals surface area contributed by atoms with Gasteiger partial charge in [0.1, 0.15) is 0 Å². The average molecular weight is 304 g/mol. The highest BCUT2D eigenvalue weighted by Gasteiger charge is 2.38. The van der Waals surface area contributed by atoms with Gasteiger partial charge >= 0.3 is 0 Å². The summed E-state index contributed by atoms with van der Waals surface area (Å²) >= 11 is 0. The number of rotatable bonds is 5. The van der Waals surface area contributed by atoms with E-state index >= 15 is 0 Å². The van der Waals surface area contributed by atoms with Crippen LogP contribution in [-0.2, 0) is 4.79 Å². The number of likely N-dealkylation sites (tertiary alicyclic amines) is 2. The van der Waals surface area contributed by atoms with Crippen LogP contribution in [0.1, 0.15) is 57.8 Å². The highest BCUT2D eigenvalue weighted by Crippen LogP contribution is 2.32. The van der Waals surface area contributed by atoms with Crippen LogP contribution in [0.4, 0.5) is 0 Å². The van der Waals surface area contributed by atoms with Crippen LogP contribution < -0.4 is 0 Å². The Hall–Kier alpha value is -0.830. The van der Waals surface area contributed by atoms with E-state index in [9.17, 15) is 4.79 Å². The molecule has 1 aliphatic carbocycles. The van der Waals surface area contributed by atoms with Gasteiger partial charge in [-0.15, -0.1) is 6.58 Å². The van der Waals surface area contributed by atoms with Crippen LogP contribution in [0.5, 0.6) is 0 Å². The van der Waals surface area contributed by atoms with E-state index in [0.29, 0.717) is 17.9 Å². The van der Waals surface area contributed by atoms with Gasteiger partial charge in [0.15, 0.2) is 0 Å². The molecule has 0 radical (unpaired) electrons. The highest BCUT2D eigenvalue weighted by atomic mass is 16.2. The molecule has 2 saturated heterocycles. The lowest BCUT2D eigenvalue weighted by Crippen LogP contribution is -2.40. The number of nitrogens with zero attached hydrogens (tertiary/aromatic N) is 2. The van der Waals surface area contributed by atoms with Gasteiger partial charge in [0.2, 0.25) is 5.91 Å². The van der Waals surface area contributed by atoms with Gasteiger partial charge < -0.3 is 4.90 Å². The van der Waals surface area contributed by atoms with Crippen LogP contribution in [-0.4, -0.2) is 47.9 Å². The number of hydrogen-bond acceptors (Lipinski definition) is 2. The first kappa shape index (κ1) is 16.0. The summed E-state index contributed by atoms with van der Waals surface area (Å²) in [4.78, 5) is 17.3. The molecule has 1 saturated carbocycles. The molecule has 3 aliphatic rings. The number of amides is 1. The third kappa shape index (κ3) is 3.73. The third-order valence-electron chi connectivity index (χ3n) is 6.10. The molecule has 0 bridgehead atoms. The van der Waals surface area contributed by atoms with Crippen molar-refractivity contribution in [1.29, 1.82) is 0 Å². The van der Waals surface area contributed by atoms with Crippen LogP contribution in [0.3, 0.4) is 0 Å². The Morgan fingerprint density at radius 3 is 2.64 bits per heavy atom. The molecule has 0 aromatic rings. The van der Waals surface area contributed by atoms with Gasteiger partial charge in [-0.2, -0.15) is 0 Å². The van der Waals surface area contributed by atoms with Crippen molar-refractivity contribution in [2.45, 2.75) is 63.8 Å². The first-order chi connectivity index (χ1) is 10.8. The Labute approximate surface area is 135 Å². The second-order valence-electron chi connectivity index (χ2n) is 7.59. The van der Waals surface area contributed by atoms with Gasteiger partial charge in [-0.3, -0.25) is 9.69 Å². The monoisotopic (exact) mass is 304 g/mol. The maximum absolute atomic E-state index is 12.6. The molecule has 3 heteroatoms. The van der Waals surface area contributed by atoms with Crippen LogP contribution in [0.15, 0.2) is 12.7 Å². The van der Waals surface area contributed by atoms with Crippen LogP contribution in [0.2, 0.25) is 0 Å². The standard InChI is InChI=1S/C19H32N2O/c1-2-12-20-13-6-5-9-17-14-21(15-18(17)20)19(22)11-10-16-7-3-4-8-16/h2,16-18H,1,3-15H2/t17-,18+/m0/s1. The van der Waals surface area contributed by atoms with E-state index in [1.807, 2.05) is 6.08 Å². The van der Waals surface area contributed by atoms with Gasteiger partial charge in [-0.25, -0.2) is 0 Å². The van der Waals surface area contributed by atoms with E-state index < -0.39 is 0 Å². The van der Waals surface area contributed by atoms with E-state index in [4.69, 9.17) is 0 Å². The molecule has 0 aromatic heterocycles. The van der Waals surface area contributed by atoms with Gasteiger partial charge in [-0.05, 0) is 37.6 Å². The van der Waals surface area contributed by atoms with Crippen molar-refractivity contribution in [2.24, 2.45) is 11.8 Å². The molecule has 2 atom stereocenters. The van der Waals surface area contributed by atoms with Crippen LogP contribution in [0, 0.1) is 11.8 Å². The molecule has 0 N–H and O–H groups in total. The Bertz CT molecular complexity index is 389. The maximum Gasteiger partial charge on any atom is 0.222 e. The molecule has 1 amide bonds. The summed E-state index contributed by atoms with van der Waals surface area (Å²) in [6, 6.07) is 0.580. The van der Waals surface area contributed by atoms with E-state index in [1.165, 1.54) is 51.5 Å². The van der Waals surface area contributed by atoms with Gasteiger partial charge in [0.05, 0.1) is 0 Å². The van der Waals surface area contributed by atoms with E-state index in [0.717, 1.165) is 38.4 Å². The molecule has 0 unspecified atom stereocenters. The summed E-state index contributed by atoms with van der Waals surface area (Å²) in [5.41, 5.74) is 0. The van der Waals surface area contributed by atoms with Gasteiger partial charge in [-0.1, -0.05) is 38.2 Å². The molecule has 0 aromatic carbocycles. The topological polar surface area (TPSA) is 23.6 Å². The van der Waals surface area contributed by atoms with Crippen LogP contribution in [0.25, 0.3) is 0 Å². The summed E-state index contributed by atoms with van der Waals surface area (Å²) in [5, 5.41) is 0. The van der Waals surface area contributed by atoms with Crippen molar-refractivity contribution in [3.8, 4) is 0 Å². The predicted molar refractivity (Wildman–Crippen MR) is 90.7 cm³/mol. The number of carbonyl (C=O) groups excluding carboxylic acids is 1. The highest BCUT2D eigenvalue weighted by molar-refractivity contribution is 5.76. The summed E-state index contributed by atoms with van der Waals surface area (Å²) in [7, 11) is 0. The molecule has 0 spiro atoms. The quantitative estimate of drug-likeness (QED) is 0.726. The van der Waals surface area contributed by atoms with Crippen LogP contribution >= 0.6 is 0 Å². The largest absolute Gasteiger partial charge is 0.341 e. The van der Waals surface area contributed by atoms with E-state index in [1.54, 1.807) is 0 Å². The smallest absolute Gasteiger partial charge is 0.222 e. The zero-order valence-electron chi connectivity index (χ0n) is 14.0. The number of carbonyl (C=O) groups is 1. The van der Waals surface area contributed by atoms with Gasteiger partial charge in [0, 0.05) is 32.1 Å². The average Bonchev–Trinajstić information content (AvgIpc) is 3.15. The van der Waals surface area contributed by atoms with Crippen molar-refractivity contribution >= 4 is 5.91 Å². The fourth-order valence-corrected chi connectivity index (χ4v) is 4.82. The first-order valence-electron chi connectivity index (χ1n) is 9.40. The molecule has 124 valence electrons. The zero-order chi connectivity index (χ0) is 15.4. The fourth-order valence-electron chi connectivity index (χ4n) is 4.82. The van der Waals surface area contributed by atoms with Crippen molar-refractivity contribution in [2.75, 3.05) is 26.2 Å². The molecule has 3 nitrogen and oxygen atoms in total. The van der Waals surface area contributed by atoms with Crippen molar-refractivity contribution in [1.82, 2.24) is 9.80 Å². The molecule has 22 heavy (non-hydrogen) atoms. The van der Waals surface area contributed by atoms with E-state index in [-0.39, 0.29) is 0 Å². The van der Waals surface area contributed by atoms with E-state index in [2.05, 4.69) is 16.4 Å². The Morgan fingerprint density at radius 2 is 1.86 bits per heavy atom. The third-order valence-corrected chi connectivity index (χ3v) is 6.10. The molecule has 2 aliphatic heterocycles. The lowest BCUT2D eigenvalue weighted by Gasteiger charge is -2.28. The van der Waals surface area contributed by atoms with Gasteiger partial charge in [0.25, 0.3) is 0 Å². The lowest BCUT2D eigenvalue weighted by atomic mass is 9.98. The molecule has 3 fully saturated rings. The summed E-state index contributed by atoms with van der Waals surface area (Å²) in [6.45, 7) is 8.02. The number of hydrogen-bond donors (Lipinski definition) is 0. The van der Waals surface area contributed by atoms with Crippen molar-refractivity contribution in [3.63, 3.8) is 0 Å². The normalized spacial score (nSPS) is 30.3. The van der Waals surface area contributed by atoms with Crippen molar-refractivity contribution in [3.05, 3.63) is 12.7 Å². The maximum atomic E-state index is 12.6. The second kappa shape index (κ2) is 7.63. The minimum Gasteiger partial charge on any atom is -0.341 e. The summed E-state index contributed by atoms with van der Waals surface area (Å²) in [5.74, 6) is 1.94. The Morgan fingerprint density at radius 1 is 1.09 bits per heavy atom. The minimum absolute atomic E-state index is 0.415. The predicted octanol–water partition coefficient (Wildman–Crippen LogP) is 3.46. The zero-order valence-corrected chi connectivity index (χ0v) is 14.0.